The molecule has 2 aromatic rings. The number of sulfonamides is 1. The minimum atomic E-state index is -3.79. The lowest BCUT2D eigenvalue weighted by Gasteiger charge is -2.11. The third-order valence-electron chi connectivity index (χ3n) is 3.58. The molecular weight excluding hydrogens is 408 g/mol. The van der Waals surface area contributed by atoms with E-state index >= 15 is 0 Å². The molecule has 25 heavy (non-hydrogen) atoms. The molecule has 6 nitrogen and oxygen atoms in total. The molecule has 0 atom stereocenters. The number of rotatable bonds is 5. The van der Waals surface area contributed by atoms with Gasteiger partial charge >= 0.3 is 0 Å². The molecule has 2 N–H and O–H groups in total. The van der Waals surface area contributed by atoms with Crippen LogP contribution in [0, 0.1) is 20.8 Å². The summed E-state index contributed by atoms with van der Waals surface area (Å²) in [5.74, 6) is 0.218. The van der Waals surface area contributed by atoms with E-state index in [0.29, 0.717) is 26.9 Å². The van der Waals surface area contributed by atoms with Crippen LogP contribution in [0.2, 0.25) is 0 Å². The molecule has 0 aliphatic rings. The average Bonchev–Trinajstić information content (AvgIpc) is 2.50. The van der Waals surface area contributed by atoms with Crippen LogP contribution in [0.1, 0.15) is 22.3 Å². The van der Waals surface area contributed by atoms with E-state index in [4.69, 9.17) is 4.74 Å². The number of nitrogens with one attached hydrogen (secondary N) is 1. The fourth-order valence-electron chi connectivity index (χ4n) is 2.63. The molecule has 0 amide bonds. The molecule has 2 aromatic carbocycles. The van der Waals surface area contributed by atoms with E-state index in [1.54, 1.807) is 26.0 Å². The molecule has 0 saturated heterocycles. The van der Waals surface area contributed by atoms with Gasteiger partial charge in [-0.1, -0.05) is 17.7 Å². The standard InChI is InChI=1S/C17H19BrN2O4S/c1-10-7-11(2)17(12(3)8-10)25(22,23)20-19-9-13-5-6-14(24-4)16(21)15(13)18/h5-9,20-21H,1-4H3/b19-9+. The van der Waals surface area contributed by atoms with Crippen LogP contribution in [0.25, 0.3) is 0 Å². The number of phenols is 1. The van der Waals surface area contributed by atoms with E-state index in [0.717, 1.165) is 5.56 Å². The fourth-order valence-corrected chi connectivity index (χ4v) is 4.31. The topological polar surface area (TPSA) is 88.0 Å². The average molecular weight is 427 g/mol. The molecule has 2 rings (SSSR count). The van der Waals surface area contributed by atoms with Gasteiger partial charge in [-0.25, -0.2) is 4.83 Å². The van der Waals surface area contributed by atoms with Crippen LogP contribution in [0.15, 0.2) is 38.7 Å². The normalized spacial score (nSPS) is 11.7. The molecule has 8 heteroatoms. The minimum absolute atomic E-state index is 0.0838. The number of aryl methyl sites for hydroxylation is 3. The number of methoxy groups -OCH3 is 1. The lowest BCUT2D eigenvalue weighted by molar-refractivity contribution is 0.372. The molecule has 0 heterocycles. The highest BCUT2D eigenvalue weighted by molar-refractivity contribution is 9.10. The van der Waals surface area contributed by atoms with Crippen molar-refractivity contribution in [2.45, 2.75) is 25.7 Å². The fraction of sp³-hybridized carbons (Fsp3) is 0.235. The highest BCUT2D eigenvalue weighted by atomic mass is 79.9. The molecule has 0 aliphatic heterocycles. The van der Waals surface area contributed by atoms with E-state index in [1.165, 1.54) is 13.3 Å². The number of hydrogen-bond acceptors (Lipinski definition) is 5. The minimum Gasteiger partial charge on any atom is -0.503 e. The zero-order valence-electron chi connectivity index (χ0n) is 14.3. The van der Waals surface area contributed by atoms with E-state index < -0.39 is 10.0 Å². The van der Waals surface area contributed by atoms with Gasteiger partial charge in [0.25, 0.3) is 10.0 Å². The van der Waals surface area contributed by atoms with Crippen LogP contribution in [0.4, 0.5) is 0 Å². The van der Waals surface area contributed by atoms with Gasteiger partial charge in [0.05, 0.1) is 22.7 Å². The third-order valence-corrected chi connectivity index (χ3v) is 5.94. The van der Waals surface area contributed by atoms with Crippen molar-refractivity contribution < 1.29 is 18.3 Å². The van der Waals surface area contributed by atoms with Gasteiger partial charge in [0.15, 0.2) is 11.5 Å². The van der Waals surface area contributed by atoms with E-state index in [1.807, 2.05) is 19.1 Å². The van der Waals surface area contributed by atoms with Crippen molar-refractivity contribution >= 4 is 32.2 Å². The maximum atomic E-state index is 12.5. The SMILES string of the molecule is COc1ccc(/C=N/NS(=O)(=O)c2c(C)cc(C)cc2C)c(Br)c1O. The monoisotopic (exact) mass is 426 g/mol. The maximum Gasteiger partial charge on any atom is 0.277 e. The summed E-state index contributed by atoms with van der Waals surface area (Å²) in [5.41, 5.74) is 2.81. The Hall–Kier alpha value is -2.06. The molecule has 0 aliphatic carbocycles. The first-order valence-electron chi connectivity index (χ1n) is 7.35. The Morgan fingerprint density at radius 1 is 1.20 bits per heavy atom. The summed E-state index contributed by atoms with van der Waals surface area (Å²) in [5, 5.41) is 13.7. The first-order chi connectivity index (χ1) is 11.7. The Bertz CT molecular complexity index is 917. The highest BCUT2D eigenvalue weighted by Crippen LogP contribution is 2.35. The second-order valence-corrected chi connectivity index (χ2v) is 7.99. The summed E-state index contributed by atoms with van der Waals surface area (Å²) >= 11 is 3.23. The zero-order chi connectivity index (χ0) is 18.8. The number of hydrazone groups is 1. The van der Waals surface area contributed by atoms with Gasteiger partial charge in [-0.2, -0.15) is 13.5 Å². The van der Waals surface area contributed by atoms with Gasteiger partial charge in [-0.05, 0) is 60.0 Å². The summed E-state index contributed by atoms with van der Waals surface area (Å²) in [7, 11) is -2.35. The van der Waals surface area contributed by atoms with Crippen molar-refractivity contribution in [2.24, 2.45) is 5.10 Å². The quantitative estimate of drug-likeness (QED) is 0.566. The lowest BCUT2D eigenvalue weighted by atomic mass is 10.1. The predicted octanol–water partition coefficient (Wildman–Crippen LogP) is 3.40. The molecule has 0 fully saturated rings. The van der Waals surface area contributed by atoms with Gasteiger partial charge in [-0.3, -0.25) is 0 Å². The lowest BCUT2D eigenvalue weighted by Crippen LogP contribution is -2.20. The molecule has 134 valence electrons. The molecular formula is C17H19BrN2O4S. The second kappa shape index (κ2) is 7.45. The van der Waals surface area contributed by atoms with Crippen LogP contribution in [0.5, 0.6) is 11.5 Å². The van der Waals surface area contributed by atoms with Gasteiger partial charge in [0.2, 0.25) is 0 Å². The van der Waals surface area contributed by atoms with Crippen molar-refractivity contribution in [3.63, 3.8) is 0 Å². The largest absolute Gasteiger partial charge is 0.503 e. The van der Waals surface area contributed by atoms with Gasteiger partial charge in [0.1, 0.15) is 0 Å². The molecule has 0 aromatic heterocycles. The van der Waals surface area contributed by atoms with Crippen LogP contribution in [-0.4, -0.2) is 26.8 Å². The summed E-state index contributed by atoms with van der Waals surface area (Å²) in [6, 6.07) is 6.82. The number of benzene rings is 2. The summed E-state index contributed by atoms with van der Waals surface area (Å²) in [6.45, 7) is 5.41. The first kappa shape index (κ1) is 19.3. The van der Waals surface area contributed by atoms with E-state index in [2.05, 4.69) is 25.9 Å². The number of halogens is 1. The number of hydrogen-bond donors (Lipinski definition) is 2. The first-order valence-corrected chi connectivity index (χ1v) is 9.63. The number of aromatic hydroxyl groups is 1. The molecule has 0 bridgehead atoms. The Kier molecular flexibility index (Phi) is 5.74. The van der Waals surface area contributed by atoms with Crippen LogP contribution >= 0.6 is 15.9 Å². The molecule has 0 radical (unpaired) electrons. The molecule has 0 spiro atoms. The molecule has 0 unspecified atom stereocenters. The molecule has 0 saturated carbocycles. The summed E-state index contributed by atoms with van der Waals surface area (Å²) < 4.78 is 30.4. The number of nitrogens with zero attached hydrogens (tertiary/aromatic N) is 1. The third kappa shape index (κ3) is 4.13. The Balaban J connectivity index is 2.29. The maximum absolute atomic E-state index is 12.5. The van der Waals surface area contributed by atoms with Crippen molar-refractivity contribution in [3.8, 4) is 11.5 Å². The smallest absolute Gasteiger partial charge is 0.277 e. The summed E-state index contributed by atoms with van der Waals surface area (Å²) in [4.78, 5) is 2.42. The highest BCUT2D eigenvalue weighted by Gasteiger charge is 2.19. The van der Waals surface area contributed by atoms with Gasteiger partial charge in [0, 0.05) is 5.56 Å². The van der Waals surface area contributed by atoms with Crippen molar-refractivity contribution in [2.75, 3.05) is 7.11 Å². The number of phenolic OH excluding ortho intramolecular Hbond substituents is 1. The van der Waals surface area contributed by atoms with Crippen molar-refractivity contribution in [1.29, 1.82) is 0 Å². The van der Waals surface area contributed by atoms with Gasteiger partial charge in [-0.15, -0.1) is 0 Å². The van der Waals surface area contributed by atoms with Crippen LogP contribution in [0.3, 0.4) is 0 Å². The second-order valence-electron chi connectivity index (χ2n) is 5.60. The Labute approximate surface area is 155 Å². The van der Waals surface area contributed by atoms with Gasteiger partial charge < -0.3 is 9.84 Å². The van der Waals surface area contributed by atoms with Crippen LogP contribution in [-0.2, 0) is 10.0 Å². The van der Waals surface area contributed by atoms with Crippen molar-refractivity contribution in [3.05, 3.63) is 51.0 Å². The predicted molar refractivity (Wildman–Crippen MR) is 101 cm³/mol. The summed E-state index contributed by atoms with van der Waals surface area (Å²) in [6.07, 6.45) is 1.31. The number of ether oxygens (including phenoxy) is 1. The van der Waals surface area contributed by atoms with E-state index in [9.17, 15) is 13.5 Å². The Morgan fingerprint density at radius 3 is 2.36 bits per heavy atom. The zero-order valence-corrected chi connectivity index (χ0v) is 16.7. The Morgan fingerprint density at radius 2 is 1.80 bits per heavy atom. The van der Waals surface area contributed by atoms with Crippen LogP contribution < -0.4 is 9.57 Å². The van der Waals surface area contributed by atoms with Crippen molar-refractivity contribution in [1.82, 2.24) is 4.83 Å². The van der Waals surface area contributed by atoms with E-state index in [-0.39, 0.29) is 10.6 Å².